The molecule has 19 heavy (non-hydrogen) atoms. The number of nitrogens with one attached hydrogen (secondary N) is 1. The minimum atomic E-state index is -1.37. The summed E-state index contributed by atoms with van der Waals surface area (Å²) in [5, 5.41) is 28.4. The highest BCUT2D eigenvalue weighted by Crippen LogP contribution is 2.28. The second-order valence-electron chi connectivity index (χ2n) is 4.09. The third-order valence-corrected chi connectivity index (χ3v) is 3.68. The molecule has 2 rings (SSSR count). The number of nitrogens with zero attached hydrogens (tertiary/aromatic N) is 1. The van der Waals surface area contributed by atoms with Crippen LogP contribution in [0, 0.1) is 0 Å². The lowest BCUT2D eigenvalue weighted by atomic mass is 10.1. The fourth-order valence-corrected chi connectivity index (χ4v) is 2.37. The first kappa shape index (κ1) is 14.3. The molecule has 0 amide bonds. The summed E-state index contributed by atoms with van der Waals surface area (Å²) in [6.45, 7) is -0.484. The van der Waals surface area contributed by atoms with Gasteiger partial charge in [-0.1, -0.05) is 0 Å². The predicted octanol–water partition coefficient (Wildman–Crippen LogP) is -2.13. The Morgan fingerprint density at radius 1 is 1.42 bits per heavy atom. The minimum Gasteiger partial charge on any atom is -0.394 e. The van der Waals surface area contributed by atoms with Crippen molar-refractivity contribution in [2.24, 2.45) is 0 Å². The Bertz CT molecular complexity index is 570. The minimum absolute atomic E-state index is 0.275. The molecule has 1 fully saturated rings. The first-order valence-electron chi connectivity index (χ1n) is 5.51. The molecule has 0 saturated carbocycles. The van der Waals surface area contributed by atoms with Crippen LogP contribution in [-0.2, 0) is 4.74 Å². The monoisotopic (exact) mass is 290 g/mol. The molecule has 0 aliphatic carbocycles. The van der Waals surface area contributed by atoms with Crippen molar-refractivity contribution in [2.45, 2.75) is 29.4 Å². The number of rotatable bonds is 3. The average Bonchev–Trinajstić information content (AvgIpc) is 2.67. The second-order valence-corrected chi connectivity index (χ2v) is 4.94. The van der Waals surface area contributed by atoms with Gasteiger partial charge in [0.15, 0.2) is 6.23 Å². The van der Waals surface area contributed by atoms with Crippen molar-refractivity contribution in [3.8, 4) is 0 Å². The molecule has 1 aliphatic rings. The Morgan fingerprint density at radius 2 is 2.11 bits per heavy atom. The van der Waals surface area contributed by atoms with Crippen LogP contribution < -0.4 is 11.2 Å². The largest absolute Gasteiger partial charge is 0.394 e. The fourth-order valence-electron chi connectivity index (χ4n) is 1.91. The molecule has 4 N–H and O–H groups in total. The highest BCUT2D eigenvalue weighted by molar-refractivity contribution is 7.98. The lowest BCUT2D eigenvalue weighted by Gasteiger charge is -2.17. The van der Waals surface area contributed by atoms with Gasteiger partial charge < -0.3 is 20.1 Å². The first-order valence-corrected chi connectivity index (χ1v) is 6.74. The maximum Gasteiger partial charge on any atom is 0.330 e. The van der Waals surface area contributed by atoms with Crippen molar-refractivity contribution in [3.63, 3.8) is 0 Å². The highest BCUT2D eigenvalue weighted by atomic mass is 32.2. The van der Waals surface area contributed by atoms with Crippen LogP contribution >= 0.6 is 11.8 Å². The van der Waals surface area contributed by atoms with Crippen LogP contribution in [0.1, 0.15) is 6.23 Å². The molecular formula is C10H14N2O6S. The summed E-state index contributed by atoms with van der Waals surface area (Å²) >= 11 is 1.13. The average molecular weight is 290 g/mol. The fraction of sp³-hybridized carbons (Fsp3) is 0.600. The van der Waals surface area contributed by atoms with Gasteiger partial charge in [0.1, 0.15) is 18.3 Å². The van der Waals surface area contributed by atoms with Crippen LogP contribution in [-0.4, -0.2) is 56.0 Å². The van der Waals surface area contributed by atoms with E-state index in [4.69, 9.17) is 9.84 Å². The topological polar surface area (TPSA) is 125 Å². The maximum atomic E-state index is 11.7. The molecule has 1 aromatic rings. The summed E-state index contributed by atoms with van der Waals surface area (Å²) in [6, 6.07) is 0. The summed E-state index contributed by atoms with van der Waals surface area (Å²) in [6.07, 6.45) is -1.87. The van der Waals surface area contributed by atoms with Crippen LogP contribution in [0.4, 0.5) is 0 Å². The predicted molar refractivity (Wildman–Crippen MR) is 66.1 cm³/mol. The molecule has 4 atom stereocenters. The molecule has 1 aromatic heterocycles. The van der Waals surface area contributed by atoms with Crippen molar-refractivity contribution in [3.05, 3.63) is 27.0 Å². The Hall–Kier alpha value is -1.13. The number of aliphatic hydroxyl groups excluding tert-OH is 3. The third-order valence-electron chi connectivity index (χ3n) is 2.95. The number of hydrogen-bond donors (Lipinski definition) is 4. The van der Waals surface area contributed by atoms with Crippen LogP contribution in [0.15, 0.2) is 20.7 Å². The van der Waals surface area contributed by atoms with Crippen molar-refractivity contribution >= 4 is 11.8 Å². The third kappa shape index (κ3) is 2.47. The maximum absolute atomic E-state index is 11.7. The quantitative estimate of drug-likeness (QED) is 0.469. The SMILES string of the molecule is CSc1cn([C@H]2O[C@H](CO)[C@@H](O)[C@H]2O)c(=O)[nH]c1=O. The number of H-pyrrole nitrogens is 1. The number of aromatic amines is 1. The summed E-state index contributed by atoms with van der Waals surface area (Å²) in [7, 11) is 0. The van der Waals surface area contributed by atoms with Gasteiger partial charge in [-0.3, -0.25) is 14.3 Å². The number of hydrogen-bond acceptors (Lipinski definition) is 7. The van der Waals surface area contributed by atoms with E-state index in [-0.39, 0.29) is 4.90 Å². The zero-order valence-corrected chi connectivity index (χ0v) is 10.8. The summed E-state index contributed by atoms with van der Waals surface area (Å²) in [4.78, 5) is 25.5. The second kappa shape index (κ2) is 5.47. The number of ether oxygens (including phenoxy) is 1. The number of aromatic nitrogens is 2. The van der Waals surface area contributed by atoms with Gasteiger partial charge in [-0.05, 0) is 6.26 Å². The molecule has 8 nitrogen and oxygen atoms in total. The van der Waals surface area contributed by atoms with Crippen LogP contribution in [0.2, 0.25) is 0 Å². The standard InChI is InChI=1S/C10H14N2O6S/c1-19-5-2-12(10(17)11-8(5)16)9-7(15)6(14)4(3-13)18-9/h2,4,6-7,9,13-15H,3H2,1H3,(H,11,16,17)/t4-,6-,7-,9+/m1/s1. The summed E-state index contributed by atoms with van der Waals surface area (Å²) < 4.78 is 6.22. The van der Waals surface area contributed by atoms with E-state index in [1.807, 2.05) is 0 Å². The van der Waals surface area contributed by atoms with E-state index in [1.165, 1.54) is 6.20 Å². The molecule has 1 aliphatic heterocycles. The zero-order chi connectivity index (χ0) is 14.2. The van der Waals surface area contributed by atoms with Gasteiger partial charge >= 0.3 is 5.69 Å². The van der Waals surface area contributed by atoms with Crippen molar-refractivity contribution < 1.29 is 20.1 Å². The van der Waals surface area contributed by atoms with E-state index in [2.05, 4.69) is 4.98 Å². The van der Waals surface area contributed by atoms with Crippen molar-refractivity contribution in [2.75, 3.05) is 12.9 Å². The van der Waals surface area contributed by atoms with Gasteiger partial charge in [0.05, 0.1) is 11.5 Å². The van der Waals surface area contributed by atoms with Crippen LogP contribution in [0.5, 0.6) is 0 Å². The molecule has 1 saturated heterocycles. The first-order chi connectivity index (χ1) is 8.99. The van der Waals surface area contributed by atoms with E-state index >= 15 is 0 Å². The lowest BCUT2D eigenvalue weighted by Crippen LogP contribution is -2.38. The van der Waals surface area contributed by atoms with Gasteiger partial charge in [-0.2, -0.15) is 0 Å². The summed E-state index contributed by atoms with van der Waals surface area (Å²) in [5.74, 6) is 0. The molecule has 0 aromatic carbocycles. The highest BCUT2D eigenvalue weighted by Gasteiger charge is 2.43. The van der Waals surface area contributed by atoms with Crippen molar-refractivity contribution in [1.29, 1.82) is 0 Å². The van der Waals surface area contributed by atoms with E-state index in [0.717, 1.165) is 16.3 Å². The zero-order valence-electron chi connectivity index (χ0n) is 10.0. The Morgan fingerprint density at radius 3 is 2.63 bits per heavy atom. The van der Waals surface area contributed by atoms with E-state index < -0.39 is 42.4 Å². The van der Waals surface area contributed by atoms with Gasteiger partial charge in [0, 0.05) is 6.20 Å². The molecule has 9 heteroatoms. The number of thioether (sulfide) groups is 1. The van der Waals surface area contributed by atoms with Crippen LogP contribution in [0.25, 0.3) is 0 Å². The summed E-state index contributed by atoms with van der Waals surface area (Å²) in [5.41, 5.74) is -1.28. The van der Waals surface area contributed by atoms with E-state index in [1.54, 1.807) is 6.26 Å². The smallest absolute Gasteiger partial charge is 0.330 e. The molecule has 0 radical (unpaired) electrons. The number of aliphatic hydroxyl groups is 3. The normalized spacial score (nSPS) is 30.7. The van der Waals surface area contributed by atoms with Crippen LogP contribution in [0.3, 0.4) is 0 Å². The van der Waals surface area contributed by atoms with Gasteiger partial charge in [0.2, 0.25) is 0 Å². The molecular weight excluding hydrogens is 276 g/mol. The molecule has 106 valence electrons. The molecule has 0 spiro atoms. The van der Waals surface area contributed by atoms with Gasteiger partial charge in [-0.25, -0.2) is 4.79 Å². The molecule has 0 unspecified atom stereocenters. The molecule has 2 heterocycles. The lowest BCUT2D eigenvalue weighted by molar-refractivity contribution is -0.0553. The van der Waals surface area contributed by atoms with Gasteiger partial charge in [-0.15, -0.1) is 11.8 Å². The Kier molecular flexibility index (Phi) is 4.11. The van der Waals surface area contributed by atoms with Gasteiger partial charge in [0.25, 0.3) is 5.56 Å². The van der Waals surface area contributed by atoms with E-state index in [9.17, 15) is 19.8 Å². The van der Waals surface area contributed by atoms with E-state index in [0.29, 0.717) is 0 Å². The Balaban J connectivity index is 2.43. The molecule has 0 bridgehead atoms. The Labute approximate surface area is 111 Å². The van der Waals surface area contributed by atoms with Crippen molar-refractivity contribution in [1.82, 2.24) is 9.55 Å².